The van der Waals surface area contributed by atoms with Gasteiger partial charge in [0.2, 0.25) is 0 Å². The van der Waals surface area contributed by atoms with Gasteiger partial charge in [0.15, 0.2) is 29.0 Å². The van der Waals surface area contributed by atoms with Gasteiger partial charge in [-0.1, -0.05) is 30.3 Å². The number of nitrogens with one attached hydrogen (secondary N) is 2. The third kappa shape index (κ3) is 14.7. The maximum absolute atomic E-state index is 13.8. The molecule has 3 N–H and O–H groups in total. The lowest BCUT2D eigenvalue weighted by atomic mass is 10.1. The average molecular weight is 947 g/mol. The Kier molecular flexibility index (Phi) is 15.9. The van der Waals surface area contributed by atoms with Gasteiger partial charge in [-0.2, -0.15) is 0 Å². The molecule has 2 aliphatic heterocycles. The second kappa shape index (κ2) is 21.1. The number of fused-ring (bicyclic) bond motifs is 2. The van der Waals surface area contributed by atoms with Crippen molar-refractivity contribution in [2.45, 2.75) is 149 Å². The first-order valence-electron chi connectivity index (χ1n) is 22.7. The number of carbonyl (C=O) groups is 4. The molecule has 5 atom stereocenters. The number of aliphatic carboxylic acids is 1. The fourth-order valence-corrected chi connectivity index (χ4v) is 7.73. The summed E-state index contributed by atoms with van der Waals surface area (Å²) in [5.41, 5.74) is -0.881. The van der Waals surface area contributed by atoms with Gasteiger partial charge in [-0.25, -0.2) is 34.1 Å². The zero-order valence-electron chi connectivity index (χ0n) is 40.8. The summed E-state index contributed by atoms with van der Waals surface area (Å²) in [6.07, 6.45) is -1.48. The molecule has 2 aliphatic rings. The van der Waals surface area contributed by atoms with Gasteiger partial charge >= 0.3 is 24.2 Å². The van der Waals surface area contributed by atoms with Crippen LogP contribution < -0.4 is 15.4 Å². The van der Waals surface area contributed by atoms with Crippen molar-refractivity contribution in [3.05, 3.63) is 72.8 Å². The monoisotopic (exact) mass is 946 g/mol. The predicted molar refractivity (Wildman–Crippen MR) is 249 cm³/mol. The quantitative estimate of drug-likeness (QED) is 0.0855. The summed E-state index contributed by atoms with van der Waals surface area (Å²) in [6.45, 7) is 20.6. The number of rotatable bonds is 17. The number of anilines is 1. The Morgan fingerprint density at radius 3 is 2.15 bits per heavy atom. The first-order valence-corrected chi connectivity index (χ1v) is 22.7. The van der Waals surface area contributed by atoms with Gasteiger partial charge in [-0.3, -0.25) is 9.88 Å². The number of alkyl carbamates (subject to hydrolysis) is 1. The van der Waals surface area contributed by atoms with Crippen LogP contribution in [-0.2, 0) is 39.8 Å². The van der Waals surface area contributed by atoms with Gasteiger partial charge < -0.3 is 53.4 Å². The van der Waals surface area contributed by atoms with E-state index in [1.54, 1.807) is 71.8 Å². The number of imidazole rings is 1. The van der Waals surface area contributed by atoms with Gasteiger partial charge in [0.05, 0.1) is 6.33 Å². The Labute approximate surface area is 396 Å². The van der Waals surface area contributed by atoms with Gasteiger partial charge in [0.1, 0.15) is 59.0 Å². The lowest BCUT2D eigenvalue weighted by Crippen LogP contribution is -2.47. The summed E-state index contributed by atoms with van der Waals surface area (Å²) in [4.78, 5) is 68.7. The first-order chi connectivity index (χ1) is 31.8. The molecule has 20 nitrogen and oxygen atoms in total. The smallest absolute Gasteiger partial charge is 0.413 e. The fourth-order valence-electron chi connectivity index (χ4n) is 7.73. The van der Waals surface area contributed by atoms with Crippen molar-refractivity contribution in [1.82, 2.24) is 34.6 Å². The van der Waals surface area contributed by atoms with E-state index in [1.807, 2.05) is 73.3 Å². The molecular weight excluding hydrogens is 881 g/mol. The number of carboxylic acid groups (broad SMARTS) is 1. The van der Waals surface area contributed by atoms with E-state index in [9.17, 15) is 24.3 Å². The number of carboxylic acids is 1. The van der Waals surface area contributed by atoms with Crippen LogP contribution in [0.1, 0.15) is 101 Å². The summed E-state index contributed by atoms with van der Waals surface area (Å²) in [7, 11) is 0. The third-order valence-electron chi connectivity index (χ3n) is 10.3. The third-order valence-corrected chi connectivity index (χ3v) is 10.3. The predicted octanol–water partition coefficient (Wildman–Crippen LogP) is 7.88. The van der Waals surface area contributed by atoms with Crippen molar-refractivity contribution < 1.29 is 57.4 Å². The Morgan fingerprint density at radius 1 is 0.809 bits per heavy atom. The number of carbonyl (C=O) groups excluding carboxylic acids is 3. The largest absolute Gasteiger partial charge is 0.480 e. The molecule has 4 heterocycles. The number of benzene rings is 2. The zero-order valence-corrected chi connectivity index (χ0v) is 40.8. The maximum Gasteiger partial charge on any atom is 0.413 e. The van der Waals surface area contributed by atoms with Crippen LogP contribution in [0.15, 0.2) is 67.3 Å². The Morgan fingerprint density at radius 2 is 1.47 bits per heavy atom. The lowest BCUT2D eigenvalue weighted by molar-refractivity contribution is -0.198. The topological polar surface area (TPSA) is 227 Å². The molecule has 0 spiro atoms. The van der Waals surface area contributed by atoms with Crippen molar-refractivity contribution >= 4 is 41.2 Å². The molecule has 2 aromatic heterocycles. The number of hydrogen-bond acceptors (Lipinski definition) is 15. The molecule has 3 amide bonds. The summed E-state index contributed by atoms with van der Waals surface area (Å²) in [5, 5.41) is 15.4. The van der Waals surface area contributed by atoms with Crippen LogP contribution in [0.5, 0.6) is 11.5 Å². The van der Waals surface area contributed by atoms with Crippen molar-refractivity contribution in [3.8, 4) is 11.5 Å². The van der Waals surface area contributed by atoms with Crippen LogP contribution in [-0.4, -0.2) is 132 Å². The van der Waals surface area contributed by atoms with Crippen LogP contribution in [0.2, 0.25) is 0 Å². The maximum atomic E-state index is 13.8. The molecule has 2 aromatic carbocycles. The highest BCUT2D eigenvalue weighted by atomic mass is 16.8. The van der Waals surface area contributed by atoms with E-state index in [2.05, 4.69) is 25.6 Å². The second-order valence-electron chi connectivity index (χ2n) is 20.2. The molecule has 6 rings (SSSR count). The van der Waals surface area contributed by atoms with Crippen LogP contribution >= 0.6 is 0 Å². The molecule has 0 saturated carbocycles. The van der Waals surface area contributed by atoms with E-state index in [4.69, 9.17) is 33.2 Å². The molecule has 2 saturated heterocycles. The van der Waals surface area contributed by atoms with Gasteiger partial charge in [0, 0.05) is 26.2 Å². The van der Waals surface area contributed by atoms with Crippen molar-refractivity contribution in [2.24, 2.45) is 0 Å². The number of hydrogen-bond donors (Lipinski definition) is 3. The fraction of sp³-hybridized carbons (Fsp3) is 0.562. The second-order valence-corrected chi connectivity index (χ2v) is 20.2. The molecule has 0 unspecified atom stereocenters. The van der Waals surface area contributed by atoms with Crippen LogP contribution in [0.3, 0.4) is 0 Å². The molecule has 0 bridgehead atoms. The number of amides is 3. The number of nitrogens with zero attached hydrogens (tertiary/aromatic N) is 6. The van der Waals surface area contributed by atoms with Crippen molar-refractivity contribution in [2.75, 3.05) is 31.5 Å². The highest BCUT2D eigenvalue weighted by Crippen LogP contribution is 2.44. The zero-order chi connectivity index (χ0) is 49.6. The van der Waals surface area contributed by atoms with Crippen LogP contribution in [0, 0.1) is 0 Å². The van der Waals surface area contributed by atoms with Gasteiger partial charge in [-0.05, 0) is 125 Å². The average Bonchev–Trinajstić information content (AvgIpc) is 3.88. The SMILES string of the molecule is CC(C)(C)OC(=O)Nc1ncnc2c1ncn2[C@@H]1O[C@H](CN(CCCN(Cc2cccc(Oc3ccccc3)c2)C(=O)OC(C)(C)C)CC[C@H](NC(=O)OC(C)(C)C)C(=O)O)[C@H]2OC(C)(C)O[C@H]21. The minimum Gasteiger partial charge on any atom is -0.480 e. The molecule has 20 heteroatoms. The van der Waals surface area contributed by atoms with Crippen molar-refractivity contribution in [3.63, 3.8) is 0 Å². The number of ether oxygens (including phenoxy) is 7. The van der Waals surface area contributed by atoms with Crippen LogP contribution in [0.25, 0.3) is 11.2 Å². The van der Waals surface area contributed by atoms with E-state index in [1.165, 1.54) is 12.7 Å². The summed E-state index contributed by atoms with van der Waals surface area (Å²) in [6, 6.07) is 15.6. The number of para-hydroxylation sites is 1. The Hall–Kier alpha value is -6.09. The minimum atomic E-state index is -1.29. The molecule has 68 heavy (non-hydrogen) atoms. The molecular formula is C48H66N8O12. The molecule has 370 valence electrons. The minimum absolute atomic E-state index is 0.00214. The lowest BCUT2D eigenvalue weighted by Gasteiger charge is -2.31. The standard InChI is InChI=1S/C48H66N8O12/c1-45(2,3)66-42(59)52-33(41(57)58)21-24-54(22-16-23-55(44(61)68-47(7,8)9)26-30-17-15-20-32(25-30)62-31-18-13-12-14-19-31)27-34-36-37(65-48(10,11)64-36)40(63-34)56-29-51-35-38(49-28-50-39(35)56)53-43(60)67-46(4,5)6/h12-15,17-20,25,28-29,33-34,36-37,40H,16,21-24,26-27H2,1-11H3,(H,52,59)(H,57,58)(H,49,50,53,60)/t33-,34+,36+,37+,40+/m0/s1. The van der Waals surface area contributed by atoms with E-state index in [0.29, 0.717) is 35.6 Å². The first kappa shape index (κ1) is 51.3. The highest BCUT2D eigenvalue weighted by molar-refractivity contribution is 5.93. The molecule has 0 aliphatic carbocycles. The van der Waals surface area contributed by atoms with Gasteiger partial charge in [0.25, 0.3) is 0 Å². The highest BCUT2D eigenvalue weighted by Gasteiger charge is 2.56. The van der Waals surface area contributed by atoms with E-state index in [-0.39, 0.29) is 38.4 Å². The summed E-state index contributed by atoms with van der Waals surface area (Å²) in [5.74, 6) is -0.799. The normalized spacial score (nSPS) is 19.5. The van der Waals surface area contributed by atoms with Crippen LogP contribution in [0.4, 0.5) is 20.2 Å². The van der Waals surface area contributed by atoms with E-state index < -0.39 is 77.4 Å². The Bertz CT molecular complexity index is 2380. The summed E-state index contributed by atoms with van der Waals surface area (Å²) < 4.78 is 44.2. The Balaban J connectivity index is 1.24. The molecule has 4 aromatic rings. The van der Waals surface area contributed by atoms with Gasteiger partial charge in [-0.15, -0.1) is 0 Å². The van der Waals surface area contributed by atoms with Crippen molar-refractivity contribution in [1.29, 1.82) is 0 Å². The van der Waals surface area contributed by atoms with E-state index in [0.717, 1.165) is 5.56 Å². The number of aromatic nitrogens is 4. The summed E-state index contributed by atoms with van der Waals surface area (Å²) >= 11 is 0. The molecule has 0 radical (unpaired) electrons. The van der Waals surface area contributed by atoms with E-state index >= 15 is 0 Å². The molecule has 2 fully saturated rings.